The van der Waals surface area contributed by atoms with Crippen molar-refractivity contribution in [2.24, 2.45) is 0 Å². The number of hydrogen-bond acceptors (Lipinski definition) is 5. The zero-order chi connectivity index (χ0) is 20.8. The molecule has 0 aliphatic rings. The number of oxazole rings is 1. The second-order valence-electron chi connectivity index (χ2n) is 6.39. The summed E-state index contributed by atoms with van der Waals surface area (Å²) < 4.78 is 23.3. The van der Waals surface area contributed by atoms with E-state index < -0.39 is 10.8 Å². The van der Waals surface area contributed by atoms with Gasteiger partial charge in [0.25, 0.3) is 0 Å². The summed E-state index contributed by atoms with van der Waals surface area (Å²) >= 11 is 5.84. The largest absolute Gasteiger partial charge is 0.497 e. The fourth-order valence-corrected chi connectivity index (χ4v) is 3.84. The molecule has 152 valence electrons. The standard InChI is InChI=1S/C21H21ClN2O4S/c1-14-19(24-21(28-14)16-4-3-5-18(10-16)27-2)12-29(26)13-20(25)23-11-15-6-8-17(22)9-7-15/h3-10H,11-13H2,1-2H3,(H,23,25)/t29-/m1/s1. The van der Waals surface area contributed by atoms with Gasteiger partial charge in [-0.15, -0.1) is 0 Å². The molecule has 0 saturated heterocycles. The van der Waals surface area contributed by atoms with Crippen LogP contribution in [-0.2, 0) is 27.9 Å². The van der Waals surface area contributed by atoms with Crippen LogP contribution in [-0.4, -0.2) is 28.0 Å². The van der Waals surface area contributed by atoms with Crippen molar-refractivity contribution < 1.29 is 18.2 Å². The van der Waals surface area contributed by atoms with E-state index in [4.69, 9.17) is 20.8 Å². The lowest BCUT2D eigenvalue weighted by Crippen LogP contribution is -2.28. The first-order valence-corrected chi connectivity index (χ1v) is 10.8. The average molecular weight is 433 g/mol. The Balaban J connectivity index is 1.56. The number of ether oxygens (including phenoxy) is 1. The monoisotopic (exact) mass is 432 g/mol. The number of aryl methyl sites for hydroxylation is 1. The Morgan fingerprint density at radius 1 is 1.24 bits per heavy atom. The van der Waals surface area contributed by atoms with Crippen molar-refractivity contribution in [1.29, 1.82) is 0 Å². The number of nitrogens with one attached hydrogen (secondary N) is 1. The molecule has 0 bridgehead atoms. The predicted molar refractivity (Wildman–Crippen MR) is 113 cm³/mol. The maximum Gasteiger partial charge on any atom is 0.232 e. The van der Waals surface area contributed by atoms with Gasteiger partial charge in [0.05, 0.1) is 18.6 Å². The maximum absolute atomic E-state index is 12.4. The van der Waals surface area contributed by atoms with E-state index in [1.165, 1.54) is 0 Å². The third-order valence-electron chi connectivity index (χ3n) is 4.20. The van der Waals surface area contributed by atoms with Gasteiger partial charge in [0, 0.05) is 27.9 Å². The Bertz CT molecular complexity index is 1020. The van der Waals surface area contributed by atoms with Gasteiger partial charge < -0.3 is 14.5 Å². The van der Waals surface area contributed by atoms with Crippen molar-refractivity contribution in [2.45, 2.75) is 19.2 Å². The van der Waals surface area contributed by atoms with Gasteiger partial charge in [0.2, 0.25) is 11.8 Å². The number of hydrogen-bond donors (Lipinski definition) is 1. The molecule has 2 aromatic carbocycles. The third kappa shape index (κ3) is 5.92. The van der Waals surface area contributed by atoms with E-state index in [0.29, 0.717) is 34.7 Å². The van der Waals surface area contributed by atoms with Crippen LogP contribution < -0.4 is 10.1 Å². The number of carbonyl (C=O) groups excluding carboxylic acids is 1. The van der Waals surface area contributed by atoms with Crippen LogP contribution in [0.1, 0.15) is 17.0 Å². The Labute approximate surface area is 176 Å². The highest BCUT2D eigenvalue weighted by atomic mass is 35.5. The van der Waals surface area contributed by atoms with Crippen LogP contribution in [0.4, 0.5) is 0 Å². The minimum absolute atomic E-state index is 0.103. The van der Waals surface area contributed by atoms with Crippen LogP contribution >= 0.6 is 11.6 Å². The number of aromatic nitrogens is 1. The lowest BCUT2D eigenvalue weighted by molar-refractivity contribution is -0.118. The van der Waals surface area contributed by atoms with Gasteiger partial charge in [-0.1, -0.05) is 29.8 Å². The number of rotatable bonds is 8. The van der Waals surface area contributed by atoms with Crippen molar-refractivity contribution in [3.63, 3.8) is 0 Å². The van der Waals surface area contributed by atoms with E-state index >= 15 is 0 Å². The lowest BCUT2D eigenvalue weighted by atomic mass is 10.2. The van der Waals surface area contributed by atoms with Crippen LogP contribution in [0.3, 0.4) is 0 Å². The molecule has 3 aromatic rings. The van der Waals surface area contributed by atoms with Gasteiger partial charge in [0.15, 0.2) is 0 Å². The number of carbonyl (C=O) groups is 1. The Morgan fingerprint density at radius 2 is 2.00 bits per heavy atom. The molecule has 0 aliphatic heterocycles. The molecule has 0 unspecified atom stereocenters. The topological polar surface area (TPSA) is 81.4 Å². The summed E-state index contributed by atoms with van der Waals surface area (Å²) in [6.07, 6.45) is 0. The molecule has 1 aromatic heterocycles. The first-order chi connectivity index (χ1) is 13.9. The maximum atomic E-state index is 12.4. The number of halogens is 1. The Kier molecular flexibility index (Phi) is 7.06. The zero-order valence-corrected chi connectivity index (χ0v) is 17.7. The van der Waals surface area contributed by atoms with Crippen LogP contribution in [0.15, 0.2) is 52.9 Å². The van der Waals surface area contributed by atoms with Gasteiger partial charge in [0.1, 0.15) is 17.3 Å². The summed E-state index contributed by atoms with van der Waals surface area (Å²) in [7, 11) is 0.187. The molecule has 0 spiro atoms. The molecule has 1 heterocycles. The predicted octanol–water partition coefficient (Wildman–Crippen LogP) is 3.88. The van der Waals surface area contributed by atoms with Crippen molar-refractivity contribution in [1.82, 2.24) is 10.3 Å². The summed E-state index contributed by atoms with van der Waals surface area (Å²) in [5.74, 6) is 1.47. The van der Waals surface area contributed by atoms with Crippen molar-refractivity contribution >= 4 is 28.3 Å². The van der Waals surface area contributed by atoms with Crippen LogP contribution in [0, 0.1) is 6.92 Å². The Morgan fingerprint density at radius 3 is 2.72 bits per heavy atom. The zero-order valence-electron chi connectivity index (χ0n) is 16.1. The SMILES string of the molecule is COc1cccc(-c2nc(C[S@@](=O)CC(=O)NCc3ccc(Cl)cc3)c(C)o2)c1. The van der Waals surface area contributed by atoms with E-state index in [1.807, 2.05) is 36.4 Å². The van der Waals surface area contributed by atoms with Gasteiger partial charge in [-0.3, -0.25) is 9.00 Å². The van der Waals surface area contributed by atoms with Gasteiger partial charge in [-0.05, 0) is 42.8 Å². The quantitative estimate of drug-likeness (QED) is 0.584. The lowest BCUT2D eigenvalue weighted by Gasteiger charge is -2.05. The van der Waals surface area contributed by atoms with Crippen molar-refractivity contribution in [3.8, 4) is 17.2 Å². The molecular weight excluding hydrogens is 412 g/mol. The van der Waals surface area contributed by atoms with Crippen LogP contribution in [0.25, 0.3) is 11.5 Å². The molecule has 0 radical (unpaired) electrons. The van der Waals surface area contributed by atoms with Gasteiger partial charge in [-0.2, -0.15) is 0 Å². The Hall–Kier alpha value is -2.64. The van der Waals surface area contributed by atoms with Crippen molar-refractivity contribution in [3.05, 3.63) is 70.6 Å². The van der Waals surface area contributed by atoms with E-state index in [1.54, 1.807) is 26.2 Å². The van der Waals surface area contributed by atoms with E-state index in [9.17, 15) is 9.00 Å². The molecule has 29 heavy (non-hydrogen) atoms. The summed E-state index contributed by atoms with van der Waals surface area (Å²) in [5, 5.41) is 3.40. The minimum atomic E-state index is -1.40. The van der Waals surface area contributed by atoms with Crippen LogP contribution in [0.2, 0.25) is 5.02 Å². The van der Waals surface area contributed by atoms with E-state index in [0.717, 1.165) is 11.1 Å². The fraction of sp³-hybridized carbons (Fsp3) is 0.238. The third-order valence-corrected chi connectivity index (χ3v) is 5.63. The van der Waals surface area contributed by atoms with Gasteiger partial charge in [-0.25, -0.2) is 4.98 Å². The van der Waals surface area contributed by atoms with E-state index in [-0.39, 0.29) is 17.4 Å². The molecule has 1 N–H and O–H groups in total. The molecule has 0 fully saturated rings. The summed E-state index contributed by atoms with van der Waals surface area (Å²) in [5.41, 5.74) is 2.26. The summed E-state index contributed by atoms with van der Waals surface area (Å²) in [6.45, 7) is 2.12. The highest BCUT2D eigenvalue weighted by molar-refractivity contribution is 7.84. The first-order valence-electron chi connectivity index (χ1n) is 8.91. The molecule has 1 amide bonds. The number of methoxy groups -OCH3 is 1. The first kappa shape index (κ1) is 21.1. The molecule has 0 saturated carbocycles. The number of benzene rings is 2. The number of nitrogens with zero attached hydrogens (tertiary/aromatic N) is 1. The highest BCUT2D eigenvalue weighted by Gasteiger charge is 2.16. The summed E-state index contributed by atoms with van der Waals surface area (Å²) in [6, 6.07) is 14.5. The molecule has 1 atom stereocenters. The fourth-order valence-electron chi connectivity index (χ4n) is 2.65. The van der Waals surface area contributed by atoms with E-state index in [2.05, 4.69) is 10.3 Å². The molecular formula is C21H21ClN2O4S. The van der Waals surface area contributed by atoms with Crippen molar-refractivity contribution in [2.75, 3.05) is 12.9 Å². The average Bonchev–Trinajstić information content (AvgIpc) is 3.08. The smallest absolute Gasteiger partial charge is 0.232 e. The minimum Gasteiger partial charge on any atom is -0.497 e. The normalized spacial score (nSPS) is 11.8. The van der Waals surface area contributed by atoms with Crippen LogP contribution in [0.5, 0.6) is 5.75 Å². The second kappa shape index (κ2) is 9.71. The second-order valence-corrected chi connectivity index (χ2v) is 8.28. The van der Waals surface area contributed by atoms with Gasteiger partial charge >= 0.3 is 0 Å². The molecule has 8 heteroatoms. The highest BCUT2D eigenvalue weighted by Crippen LogP contribution is 2.25. The number of amides is 1. The molecule has 0 aliphatic carbocycles. The molecule has 3 rings (SSSR count). The molecule has 6 nitrogen and oxygen atoms in total. The summed E-state index contributed by atoms with van der Waals surface area (Å²) in [4.78, 5) is 16.5.